The number of halogens is 1. The molecule has 1 aromatic rings. The topological polar surface area (TPSA) is 67.4 Å². The van der Waals surface area contributed by atoms with E-state index < -0.39 is 10.0 Å². The SMILES string of the molecule is CC(C)CCOc1ccc(S(=O)(=O)NCCC2CCNC2)cc1.Cl. The third kappa shape index (κ3) is 6.97. The average Bonchev–Trinajstić information content (AvgIpc) is 3.00. The fourth-order valence-corrected chi connectivity index (χ4v) is 3.62. The van der Waals surface area contributed by atoms with Gasteiger partial charge in [-0.05, 0) is 68.5 Å². The minimum Gasteiger partial charge on any atom is -0.494 e. The molecule has 7 heteroatoms. The first-order valence-corrected chi connectivity index (χ1v) is 9.89. The van der Waals surface area contributed by atoms with Crippen molar-refractivity contribution in [1.82, 2.24) is 10.0 Å². The highest BCUT2D eigenvalue weighted by Crippen LogP contribution is 2.17. The number of nitrogens with one attached hydrogen (secondary N) is 2. The van der Waals surface area contributed by atoms with Crippen LogP contribution in [0.25, 0.3) is 0 Å². The van der Waals surface area contributed by atoms with Crippen LogP contribution in [0.4, 0.5) is 0 Å². The Morgan fingerprint density at radius 1 is 1.29 bits per heavy atom. The summed E-state index contributed by atoms with van der Waals surface area (Å²) in [6, 6.07) is 6.64. The zero-order valence-electron chi connectivity index (χ0n) is 14.5. The Balaban J connectivity index is 0.00000288. The van der Waals surface area contributed by atoms with Crippen molar-refractivity contribution in [2.75, 3.05) is 26.2 Å². The van der Waals surface area contributed by atoms with Crippen molar-refractivity contribution in [2.45, 2.75) is 38.0 Å². The molecule has 1 saturated heterocycles. The summed E-state index contributed by atoms with van der Waals surface area (Å²) in [5.74, 6) is 1.88. The molecule has 0 amide bonds. The van der Waals surface area contributed by atoms with Gasteiger partial charge in [-0.25, -0.2) is 13.1 Å². The summed E-state index contributed by atoms with van der Waals surface area (Å²) >= 11 is 0. The lowest BCUT2D eigenvalue weighted by Gasteiger charge is -2.11. The molecule has 2 rings (SSSR count). The number of ether oxygens (including phenoxy) is 1. The second-order valence-corrected chi connectivity index (χ2v) is 8.31. The van der Waals surface area contributed by atoms with Crippen LogP contribution in [-0.4, -0.2) is 34.7 Å². The summed E-state index contributed by atoms with van der Waals surface area (Å²) < 4.78 is 32.8. The zero-order valence-corrected chi connectivity index (χ0v) is 16.1. The number of benzene rings is 1. The Kier molecular flexibility index (Phi) is 9.05. The van der Waals surface area contributed by atoms with E-state index >= 15 is 0 Å². The Morgan fingerprint density at radius 2 is 2.00 bits per heavy atom. The minimum absolute atomic E-state index is 0. The van der Waals surface area contributed by atoms with Crippen molar-refractivity contribution < 1.29 is 13.2 Å². The van der Waals surface area contributed by atoms with Gasteiger partial charge in [0.15, 0.2) is 0 Å². The first-order valence-electron chi connectivity index (χ1n) is 8.40. The van der Waals surface area contributed by atoms with Gasteiger partial charge in [0.25, 0.3) is 0 Å². The number of hydrogen-bond donors (Lipinski definition) is 2. The van der Waals surface area contributed by atoms with Crippen LogP contribution in [-0.2, 0) is 10.0 Å². The van der Waals surface area contributed by atoms with E-state index in [0.29, 0.717) is 35.6 Å². The largest absolute Gasteiger partial charge is 0.494 e. The summed E-state index contributed by atoms with van der Waals surface area (Å²) in [6.07, 6.45) is 2.99. The van der Waals surface area contributed by atoms with Crippen molar-refractivity contribution >= 4 is 22.4 Å². The monoisotopic (exact) mass is 376 g/mol. The van der Waals surface area contributed by atoms with E-state index in [1.165, 1.54) is 0 Å². The maximum Gasteiger partial charge on any atom is 0.240 e. The Hall–Kier alpha value is -0.820. The maximum absolute atomic E-state index is 12.3. The fraction of sp³-hybridized carbons (Fsp3) is 0.647. The number of rotatable bonds is 9. The molecule has 0 bridgehead atoms. The van der Waals surface area contributed by atoms with Gasteiger partial charge in [0, 0.05) is 6.54 Å². The van der Waals surface area contributed by atoms with E-state index in [1.54, 1.807) is 24.3 Å². The summed E-state index contributed by atoms with van der Waals surface area (Å²) in [4.78, 5) is 0.290. The van der Waals surface area contributed by atoms with Gasteiger partial charge in [-0.15, -0.1) is 12.4 Å². The summed E-state index contributed by atoms with van der Waals surface area (Å²) in [5.41, 5.74) is 0. The van der Waals surface area contributed by atoms with E-state index in [2.05, 4.69) is 23.9 Å². The van der Waals surface area contributed by atoms with E-state index in [4.69, 9.17) is 4.74 Å². The summed E-state index contributed by atoms with van der Waals surface area (Å²) in [5, 5.41) is 3.29. The van der Waals surface area contributed by atoms with Crippen LogP contribution < -0.4 is 14.8 Å². The van der Waals surface area contributed by atoms with Crippen LogP contribution in [0, 0.1) is 11.8 Å². The van der Waals surface area contributed by atoms with Gasteiger partial charge in [0.2, 0.25) is 10.0 Å². The van der Waals surface area contributed by atoms with Gasteiger partial charge in [0.05, 0.1) is 11.5 Å². The highest BCUT2D eigenvalue weighted by molar-refractivity contribution is 7.89. The second kappa shape index (κ2) is 10.2. The lowest BCUT2D eigenvalue weighted by Crippen LogP contribution is -2.26. The molecule has 1 atom stereocenters. The van der Waals surface area contributed by atoms with Gasteiger partial charge >= 0.3 is 0 Å². The predicted molar refractivity (Wildman–Crippen MR) is 99.4 cm³/mol. The van der Waals surface area contributed by atoms with Crippen molar-refractivity contribution in [3.63, 3.8) is 0 Å². The van der Waals surface area contributed by atoms with Crippen LogP contribution in [0.15, 0.2) is 29.2 Å². The van der Waals surface area contributed by atoms with Crippen molar-refractivity contribution in [3.8, 4) is 5.75 Å². The summed E-state index contributed by atoms with van der Waals surface area (Å²) in [7, 11) is -3.43. The Bertz CT molecular complexity index is 570. The van der Waals surface area contributed by atoms with Gasteiger partial charge in [-0.2, -0.15) is 0 Å². The molecule has 1 unspecified atom stereocenters. The van der Waals surface area contributed by atoms with E-state index in [0.717, 1.165) is 32.4 Å². The smallest absolute Gasteiger partial charge is 0.240 e. The average molecular weight is 377 g/mol. The molecule has 1 heterocycles. The van der Waals surface area contributed by atoms with Crippen LogP contribution in [0.3, 0.4) is 0 Å². The molecule has 0 aliphatic carbocycles. The van der Waals surface area contributed by atoms with Crippen molar-refractivity contribution in [2.24, 2.45) is 11.8 Å². The number of hydrogen-bond acceptors (Lipinski definition) is 4. The van der Waals surface area contributed by atoms with Gasteiger partial charge in [-0.3, -0.25) is 0 Å². The molecule has 0 spiro atoms. The molecule has 0 aromatic heterocycles. The van der Waals surface area contributed by atoms with Gasteiger partial charge in [0.1, 0.15) is 5.75 Å². The molecule has 138 valence electrons. The van der Waals surface area contributed by atoms with E-state index in [1.807, 2.05) is 0 Å². The normalized spacial score (nSPS) is 17.7. The van der Waals surface area contributed by atoms with Crippen LogP contribution >= 0.6 is 12.4 Å². The molecule has 0 saturated carbocycles. The van der Waals surface area contributed by atoms with Crippen molar-refractivity contribution in [1.29, 1.82) is 0 Å². The molecule has 2 N–H and O–H groups in total. The maximum atomic E-state index is 12.3. The second-order valence-electron chi connectivity index (χ2n) is 6.55. The molecule has 24 heavy (non-hydrogen) atoms. The van der Waals surface area contributed by atoms with E-state index in [9.17, 15) is 8.42 Å². The van der Waals surface area contributed by atoms with Crippen LogP contribution in [0.1, 0.15) is 33.1 Å². The molecular weight excluding hydrogens is 348 g/mol. The van der Waals surface area contributed by atoms with Gasteiger partial charge in [-0.1, -0.05) is 13.8 Å². The first kappa shape index (κ1) is 21.2. The summed E-state index contributed by atoms with van der Waals surface area (Å²) in [6.45, 7) is 7.46. The zero-order chi connectivity index (χ0) is 16.7. The standard InChI is InChI=1S/C17H28N2O3S.ClH/c1-14(2)9-12-22-16-3-5-17(6-4-16)23(20,21)19-11-8-15-7-10-18-13-15;/h3-6,14-15,18-19H,7-13H2,1-2H3;1H. The fourth-order valence-electron chi connectivity index (χ4n) is 2.57. The molecule has 1 aliphatic heterocycles. The molecular formula is C17H29ClN2O3S. The number of sulfonamides is 1. The third-order valence-electron chi connectivity index (χ3n) is 4.11. The molecule has 1 aromatic carbocycles. The van der Waals surface area contributed by atoms with E-state index in [-0.39, 0.29) is 12.4 Å². The molecule has 0 radical (unpaired) electrons. The third-order valence-corrected chi connectivity index (χ3v) is 5.58. The lowest BCUT2D eigenvalue weighted by atomic mass is 10.1. The van der Waals surface area contributed by atoms with Crippen LogP contribution in [0.2, 0.25) is 0 Å². The van der Waals surface area contributed by atoms with Crippen molar-refractivity contribution in [3.05, 3.63) is 24.3 Å². The molecule has 1 fully saturated rings. The highest BCUT2D eigenvalue weighted by atomic mass is 35.5. The Morgan fingerprint density at radius 3 is 2.58 bits per heavy atom. The predicted octanol–water partition coefficient (Wildman–Crippen LogP) is 2.81. The highest BCUT2D eigenvalue weighted by Gasteiger charge is 2.17. The van der Waals surface area contributed by atoms with Crippen LogP contribution in [0.5, 0.6) is 5.75 Å². The molecule has 1 aliphatic rings. The van der Waals surface area contributed by atoms with Gasteiger partial charge < -0.3 is 10.1 Å². The minimum atomic E-state index is -3.43. The Labute approximate surface area is 152 Å². The quantitative estimate of drug-likeness (QED) is 0.695. The molecule has 5 nitrogen and oxygen atoms in total. The first-order chi connectivity index (χ1) is 11.0. The lowest BCUT2D eigenvalue weighted by molar-refractivity contribution is 0.289.